The number of nitrogens with zero attached hydrogens (tertiary/aromatic N) is 5. The molecule has 2 fully saturated rings. The van der Waals surface area contributed by atoms with Crippen LogP contribution in [-0.2, 0) is 5.41 Å². The topological polar surface area (TPSA) is 78.9 Å². The van der Waals surface area contributed by atoms with Crippen molar-refractivity contribution < 1.29 is 4.52 Å². The van der Waals surface area contributed by atoms with Gasteiger partial charge in [0.1, 0.15) is 6.34 Å². The first kappa shape index (κ1) is 20.6. The summed E-state index contributed by atoms with van der Waals surface area (Å²) in [5.41, 5.74) is 3.31. The SMILES string of the molecule is C=N/N=C\N(C)c1ccc(-c2nc(C3(CN[C@H]4CC4c4ccccc4)CCC3)no2)cc1. The zero-order valence-corrected chi connectivity index (χ0v) is 18.3. The minimum atomic E-state index is -0.0140. The first-order chi connectivity index (χ1) is 15.7. The van der Waals surface area contributed by atoms with Crippen LogP contribution in [0.15, 0.2) is 69.3 Å². The molecule has 5 rings (SSSR count). The van der Waals surface area contributed by atoms with Gasteiger partial charge in [0.25, 0.3) is 5.89 Å². The molecular formula is C25H28N6O. The van der Waals surface area contributed by atoms with Crippen LogP contribution < -0.4 is 10.2 Å². The van der Waals surface area contributed by atoms with Gasteiger partial charge in [0.2, 0.25) is 0 Å². The molecule has 2 saturated carbocycles. The van der Waals surface area contributed by atoms with E-state index in [9.17, 15) is 0 Å². The van der Waals surface area contributed by atoms with Crippen LogP contribution in [-0.4, -0.2) is 42.8 Å². The van der Waals surface area contributed by atoms with E-state index in [1.54, 1.807) is 6.34 Å². The summed E-state index contributed by atoms with van der Waals surface area (Å²) < 4.78 is 5.66. The number of rotatable bonds is 9. The van der Waals surface area contributed by atoms with Crippen LogP contribution >= 0.6 is 0 Å². The van der Waals surface area contributed by atoms with Gasteiger partial charge in [-0.2, -0.15) is 10.1 Å². The van der Waals surface area contributed by atoms with Crippen molar-refractivity contribution in [2.75, 3.05) is 18.5 Å². The van der Waals surface area contributed by atoms with Crippen LogP contribution in [0.25, 0.3) is 11.5 Å². The van der Waals surface area contributed by atoms with E-state index in [0.29, 0.717) is 17.9 Å². The molecule has 32 heavy (non-hydrogen) atoms. The van der Waals surface area contributed by atoms with Crippen LogP contribution in [0.4, 0.5) is 5.69 Å². The van der Waals surface area contributed by atoms with Gasteiger partial charge in [0, 0.05) is 48.9 Å². The maximum atomic E-state index is 5.66. The predicted molar refractivity (Wildman–Crippen MR) is 127 cm³/mol. The molecule has 0 saturated heterocycles. The quantitative estimate of drug-likeness (QED) is 0.311. The van der Waals surface area contributed by atoms with Gasteiger partial charge >= 0.3 is 0 Å². The second kappa shape index (κ2) is 8.67. The van der Waals surface area contributed by atoms with E-state index in [0.717, 1.165) is 36.5 Å². The molecule has 0 spiro atoms. The van der Waals surface area contributed by atoms with Crippen molar-refractivity contribution in [1.29, 1.82) is 0 Å². The van der Waals surface area contributed by atoms with Crippen molar-refractivity contribution in [3.63, 3.8) is 0 Å². The minimum Gasteiger partial charge on any atom is -0.334 e. The first-order valence-electron chi connectivity index (χ1n) is 11.1. The fourth-order valence-corrected chi connectivity index (χ4v) is 4.47. The lowest BCUT2D eigenvalue weighted by Crippen LogP contribution is -2.45. The Labute approximate surface area is 188 Å². The van der Waals surface area contributed by atoms with E-state index >= 15 is 0 Å². The van der Waals surface area contributed by atoms with Crippen molar-refractivity contribution in [2.45, 2.75) is 43.1 Å². The Kier molecular flexibility index (Phi) is 5.57. The Balaban J connectivity index is 1.24. The zero-order chi connectivity index (χ0) is 22.0. The molecule has 1 heterocycles. The molecule has 0 aliphatic heterocycles. The molecule has 7 nitrogen and oxygen atoms in total. The van der Waals surface area contributed by atoms with E-state index in [4.69, 9.17) is 9.51 Å². The average Bonchev–Trinajstić information content (AvgIpc) is 3.42. The van der Waals surface area contributed by atoms with Crippen molar-refractivity contribution in [1.82, 2.24) is 15.5 Å². The van der Waals surface area contributed by atoms with Gasteiger partial charge in [0.15, 0.2) is 5.82 Å². The van der Waals surface area contributed by atoms with Crippen molar-refractivity contribution in [3.05, 3.63) is 66.0 Å². The Hall–Kier alpha value is -3.32. The third-order valence-corrected chi connectivity index (χ3v) is 6.76. The summed E-state index contributed by atoms with van der Waals surface area (Å²) in [7, 11) is 1.91. The summed E-state index contributed by atoms with van der Waals surface area (Å²) in [4.78, 5) is 6.66. The van der Waals surface area contributed by atoms with Crippen molar-refractivity contribution >= 4 is 18.7 Å². The Morgan fingerprint density at radius 2 is 1.97 bits per heavy atom. The summed E-state index contributed by atoms with van der Waals surface area (Å²) >= 11 is 0. The van der Waals surface area contributed by atoms with E-state index in [1.165, 1.54) is 18.4 Å². The number of aromatic nitrogens is 2. The lowest BCUT2D eigenvalue weighted by molar-refractivity contribution is 0.211. The number of hydrogen-bond acceptors (Lipinski definition) is 6. The highest BCUT2D eigenvalue weighted by atomic mass is 16.5. The van der Waals surface area contributed by atoms with Gasteiger partial charge in [-0.25, -0.2) is 0 Å². The maximum absolute atomic E-state index is 5.66. The number of nitrogens with one attached hydrogen (secondary N) is 1. The van der Waals surface area contributed by atoms with Gasteiger partial charge in [0.05, 0.1) is 0 Å². The molecule has 1 unspecified atom stereocenters. The smallest absolute Gasteiger partial charge is 0.257 e. The zero-order valence-electron chi connectivity index (χ0n) is 18.3. The van der Waals surface area contributed by atoms with Gasteiger partial charge in [-0.3, -0.25) is 0 Å². The molecule has 3 aromatic rings. The van der Waals surface area contributed by atoms with Gasteiger partial charge in [-0.05, 0) is 49.1 Å². The highest BCUT2D eigenvalue weighted by Gasteiger charge is 2.46. The lowest BCUT2D eigenvalue weighted by Gasteiger charge is -2.39. The van der Waals surface area contributed by atoms with Crippen molar-refractivity contribution in [3.8, 4) is 11.5 Å². The van der Waals surface area contributed by atoms with Crippen molar-refractivity contribution in [2.24, 2.45) is 10.2 Å². The fraction of sp³-hybridized carbons (Fsp3) is 0.360. The molecule has 0 bridgehead atoms. The fourth-order valence-electron chi connectivity index (χ4n) is 4.47. The monoisotopic (exact) mass is 428 g/mol. The number of hydrogen-bond donors (Lipinski definition) is 1. The van der Waals surface area contributed by atoms with E-state index in [1.807, 2.05) is 36.2 Å². The van der Waals surface area contributed by atoms with Crippen LogP contribution in [0.2, 0.25) is 0 Å². The summed E-state index contributed by atoms with van der Waals surface area (Å²) in [6.07, 6.45) is 6.22. The maximum Gasteiger partial charge on any atom is 0.257 e. The lowest BCUT2D eigenvalue weighted by atomic mass is 9.68. The average molecular weight is 429 g/mol. The number of anilines is 1. The van der Waals surface area contributed by atoms with Crippen LogP contribution in [0.3, 0.4) is 0 Å². The summed E-state index contributed by atoms with van der Waals surface area (Å²) in [5.74, 6) is 2.02. The largest absolute Gasteiger partial charge is 0.334 e. The minimum absolute atomic E-state index is 0.0140. The summed E-state index contributed by atoms with van der Waals surface area (Å²) in [5, 5.41) is 15.5. The molecule has 7 heteroatoms. The molecule has 164 valence electrons. The third kappa shape index (κ3) is 4.08. The normalized spacial score (nSPS) is 21.3. The molecule has 2 aromatic carbocycles. The van der Waals surface area contributed by atoms with E-state index in [-0.39, 0.29) is 5.41 Å². The van der Waals surface area contributed by atoms with Gasteiger partial charge < -0.3 is 14.7 Å². The number of benzene rings is 2. The highest BCUT2D eigenvalue weighted by molar-refractivity contribution is 5.79. The standard InChI is InChI=1S/C25H28N6O/c1-26-28-17-31(2)20-11-9-19(10-12-20)23-29-24(30-32-23)25(13-6-14-25)16-27-22-15-21(22)18-7-4-3-5-8-18/h3-5,7-12,17,21-22,27H,1,6,13-16H2,2H3/b28-17-/t21?,22-/m0/s1. The second-order valence-electron chi connectivity index (χ2n) is 8.83. The Morgan fingerprint density at radius 1 is 1.19 bits per heavy atom. The Morgan fingerprint density at radius 3 is 2.66 bits per heavy atom. The molecule has 2 atom stereocenters. The highest BCUT2D eigenvalue weighted by Crippen LogP contribution is 2.45. The molecular weight excluding hydrogens is 400 g/mol. The summed E-state index contributed by atoms with van der Waals surface area (Å²) in [6, 6.07) is 19.3. The van der Waals surface area contributed by atoms with Crippen LogP contribution in [0.1, 0.15) is 43.0 Å². The second-order valence-corrected chi connectivity index (χ2v) is 8.83. The third-order valence-electron chi connectivity index (χ3n) is 6.76. The molecule has 1 N–H and O–H groups in total. The van der Waals surface area contributed by atoms with Crippen LogP contribution in [0, 0.1) is 0 Å². The molecule has 2 aliphatic rings. The predicted octanol–water partition coefficient (Wildman–Crippen LogP) is 4.38. The molecule has 2 aliphatic carbocycles. The summed E-state index contributed by atoms with van der Waals surface area (Å²) in [6.45, 7) is 4.25. The van der Waals surface area contributed by atoms with E-state index in [2.05, 4.69) is 57.7 Å². The molecule has 1 aromatic heterocycles. The Bertz CT molecular complexity index is 1090. The van der Waals surface area contributed by atoms with Crippen LogP contribution in [0.5, 0.6) is 0 Å². The molecule has 0 amide bonds. The first-order valence-corrected chi connectivity index (χ1v) is 11.1. The van der Waals surface area contributed by atoms with Gasteiger partial charge in [-0.15, -0.1) is 5.10 Å². The molecule has 0 radical (unpaired) electrons. The van der Waals surface area contributed by atoms with E-state index < -0.39 is 0 Å². The van der Waals surface area contributed by atoms with Gasteiger partial charge in [-0.1, -0.05) is 41.9 Å².